The van der Waals surface area contributed by atoms with E-state index in [1.165, 1.54) is 11.9 Å². The SMILES string of the molecule is CCc1ccc(C(C(=O)NC(Cc2ccccc2)C(=O)OC(C)(C)C)N(C)C(=O)CNC(=O)OC(C)(C)C)cc1. The van der Waals surface area contributed by atoms with Crippen molar-refractivity contribution in [2.75, 3.05) is 13.6 Å². The van der Waals surface area contributed by atoms with Crippen molar-refractivity contribution in [3.63, 3.8) is 0 Å². The van der Waals surface area contributed by atoms with Gasteiger partial charge in [0.15, 0.2) is 0 Å². The van der Waals surface area contributed by atoms with E-state index in [1.54, 1.807) is 53.7 Å². The molecule has 2 N–H and O–H groups in total. The monoisotopic (exact) mass is 553 g/mol. The third-order valence-electron chi connectivity index (χ3n) is 5.81. The lowest BCUT2D eigenvalue weighted by Gasteiger charge is -2.30. The van der Waals surface area contributed by atoms with Gasteiger partial charge in [0.25, 0.3) is 0 Å². The standard InChI is InChI=1S/C31H43N3O6/c1-9-21-15-17-23(18-16-21)26(34(8)25(35)20-32-29(38)40-31(5,6)7)27(36)33-24(28(37)39-30(2,3)4)19-22-13-11-10-12-14-22/h10-18,24,26H,9,19-20H2,1-8H3,(H,32,38)(H,33,36). The highest BCUT2D eigenvalue weighted by atomic mass is 16.6. The van der Waals surface area contributed by atoms with Gasteiger partial charge in [-0.1, -0.05) is 61.5 Å². The van der Waals surface area contributed by atoms with Crippen LogP contribution in [0.3, 0.4) is 0 Å². The summed E-state index contributed by atoms with van der Waals surface area (Å²) in [6.45, 7) is 12.1. The van der Waals surface area contributed by atoms with E-state index in [0.29, 0.717) is 5.56 Å². The largest absolute Gasteiger partial charge is 0.458 e. The minimum absolute atomic E-state index is 0.209. The third kappa shape index (κ3) is 10.7. The maximum atomic E-state index is 13.8. The van der Waals surface area contributed by atoms with Gasteiger partial charge in [-0.3, -0.25) is 9.59 Å². The molecular formula is C31H43N3O6. The maximum absolute atomic E-state index is 13.8. The van der Waals surface area contributed by atoms with Crippen LogP contribution in [-0.4, -0.2) is 59.6 Å². The first-order chi connectivity index (χ1) is 18.6. The Labute approximate surface area is 237 Å². The lowest BCUT2D eigenvalue weighted by atomic mass is 10.00. The number of nitrogens with zero attached hydrogens (tertiary/aromatic N) is 1. The number of alkyl carbamates (subject to hydrolysis) is 1. The summed E-state index contributed by atoms with van der Waals surface area (Å²) in [5.41, 5.74) is 0.989. The molecular weight excluding hydrogens is 510 g/mol. The normalized spacial score (nSPS) is 13.0. The van der Waals surface area contributed by atoms with Crippen molar-refractivity contribution in [2.45, 2.75) is 84.6 Å². The zero-order valence-corrected chi connectivity index (χ0v) is 24.9. The Morgan fingerprint density at radius 1 is 0.825 bits per heavy atom. The van der Waals surface area contributed by atoms with Crippen molar-refractivity contribution >= 4 is 23.9 Å². The number of carbonyl (C=O) groups excluding carboxylic acids is 4. The van der Waals surface area contributed by atoms with E-state index >= 15 is 0 Å². The van der Waals surface area contributed by atoms with Crippen LogP contribution in [0.1, 0.15) is 71.2 Å². The van der Waals surface area contributed by atoms with Crippen LogP contribution in [0.2, 0.25) is 0 Å². The fourth-order valence-electron chi connectivity index (χ4n) is 3.88. The summed E-state index contributed by atoms with van der Waals surface area (Å²) in [5, 5.41) is 5.27. The molecule has 0 saturated heterocycles. The minimum Gasteiger partial charge on any atom is -0.458 e. The highest BCUT2D eigenvalue weighted by Crippen LogP contribution is 2.22. The predicted molar refractivity (Wildman–Crippen MR) is 153 cm³/mol. The molecule has 3 amide bonds. The summed E-state index contributed by atoms with van der Waals surface area (Å²) >= 11 is 0. The van der Waals surface area contributed by atoms with Gasteiger partial charge in [-0.2, -0.15) is 0 Å². The van der Waals surface area contributed by atoms with Crippen LogP contribution < -0.4 is 10.6 Å². The number of carbonyl (C=O) groups is 4. The zero-order valence-electron chi connectivity index (χ0n) is 24.9. The van der Waals surface area contributed by atoms with Gasteiger partial charge in [-0.05, 0) is 64.7 Å². The van der Waals surface area contributed by atoms with Gasteiger partial charge >= 0.3 is 12.1 Å². The molecule has 0 aliphatic rings. The molecule has 0 aromatic heterocycles. The van der Waals surface area contributed by atoms with E-state index in [4.69, 9.17) is 9.47 Å². The second-order valence-electron chi connectivity index (χ2n) is 11.6. The van der Waals surface area contributed by atoms with E-state index < -0.39 is 47.2 Å². The van der Waals surface area contributed by atoms with E-state index in [-0.39, 0.29) is 13.0 Å². The number of aryl methyl sites for hydroxylation is 1. The third-order valence-corrected chi connectivity index (χ3v) is 5.81. The van der Waals surface area contributed by atoms with Crippen molar-refractivity contribution in [1.82, 2.24) is 15.5 Å². The van der Waals surface area contributed by atoms with Crippen LogP contribution in [0.25, 0.3) is 0 Å². The number of amides is 3. The summed E-state index contributed by atoms with van der Waals surface area (Å²) < 4.78 is 10.8. The molecule has 2 atom stereocenters. The van der Waals surface area contributed by atoms with Crippen molar-refractivity contribution in [3.8, 4) is 0 Å². The predicted octanol–water partition coefficient (Wildman–Crippen LogP) is 4.34. The highest BCUT2D eigenvalue weighted by molar-refractivity contribution is 5.92. The van der Waals surface area contributed by atoms with E-state index in [2.05, 4.69) is 10.6 Å². The molecule has 2 unspecified atom stereocenters. The molecule has 9 nitrogen and oxygen atoms in total. The Balaban J connectivity index is 2.34. The summed E-state index contributed by atoms with van der Waals surface area (Å²) in [5.74, 6) is -1.64. The number of hydrogen-bond donors (Lipinski definition) is 2. The van der Waals surface area contributed by atoms with Crippen molar-refractivity contribution in [3.05, 3.63) is 71.3 Å². The molecule has 0 aliphatic heterocycles. The molecule has 2 aromatic rings. The molecule has 0 bridgehead atoms. The Morgan fingerprint density at radius 3 is 1.93 bits per heavy atom. The lowest BCUT2D eigenvalue weighted by Crippen LogP contribution is -2.51. The molecule has 40 heavy (non-hydrogen) atoms. The molecule has 0 radical (unpaired) electrons. The molecule has 9 heteroatoms. The van der Waals surface area contributed by atoms with Gasteiger partial charge in [-0.15, -0.1) is 0 Å². The fraction of sp³-hybridized carbons (Fsp3) is 0.484. The Kier molecular flexibility index (Phi) is 11.3. The first-order valence-electron chi connectivity index (χ1n) is 13.5. The molecule has 0 fully saturated rings. The lowest BCUT2D eigenvalue weighted by molar-refractivity contribution is -0.159. The number of ether oxygens (including phenoxy) is 2. The molecule has 2 rings (SSSR count). The highest BCUT2D eigenvalue weighted by Gasteiger charge is 2.34. The average Bonchev–Trinajstić information content (AvgIpc) is 2.86. The van der Waals surface area contributed by atoms with Crippen molar-refractivity contribution in [1.29, 1.82) is 0 Å². The van der Waals surface area contributed by atoms with E-state index in [1.807, 2.05) is 49.4 Å². The Bertz CT molecular complexity index is 1150. The smallest absolute Gasteiger partial charge is 0.408 e. The molecule has 0 spiro atoms. The van der Waals surface area contributed by atoms with Crippen LogP contribution in [-0.2, 0) is 36.7 Å². The summed E-state index contributed by atoms with van der Waals surface area (Å²) in [6, 6.07) is 14.6. The number of benzene rings is 2. The van der Waals surface area contributed by atoms with Crippen molar-refractivity contribution in [2.24, 2.45) is 0 Å². The minimum atomic E-state index is -1.07. The van der Waals surface area contributed by atoms with Gasteiger partial charge in [0.05, 0.1) is 0 Å². The molecule has 218 valence electrons. The first kappa shape index (κ1) is 32.3. The quantitative estimate of drug-likeness (QED) is 0.423. The fourth-order valence-corrected chi connectivity index (χ4v) is 3.88. The first-order valence-corrected chi connectivity index (χ1v) is 13.5. The van der Waals surface area contributed by atoms with Gasteiger partial charge in [-0.25, -0.2) is 9.59 Å². The summed E-state index contributed by atoms with van der Waals surface area (Å²) in [6.07, 6.45) is 0.278. The number of nitrogens with one attached hydrogen (secondary N) is 2. The number of hydrogen-bond acceptors (Lipinski definition) is 6. The number of rotatable bonds is 10. The second-order valence-corrected chi connectivity index (χ2v) is 11.6. The van der Waals surface area contributed by atoms with Crippen LogP contribution in [0.15, 0.2) is 54.6 Å². The van der Waals surface area contributed by atoms with Gasteiger partial charge < -0.3 is 25.0 Å². The van der Waals surface area contributed by atoms with E-state index in [9.17, 15) is 19.2 Å². The number of esters is 1. The molecule has 2 aromatic carbocycles. The molecule has 0 aliphatic carbocycles. The second kappa shape index (κ2) is 14.0. The Hall–Kier alpha value is -3.88. The van der Waals surface area contributed by atoms with E-state index in [0.717, 1.165) is 17.5 Å². The number of likely N-dealkylation sites (N-methyl/N-ethyl adjacent to an activating group) is 1. The van der Waals surface area contributed by atoms with Crippen LogP contribution >= 0.6 is 0 Å². The van der Waals surface area contributed by atoms with Gasteiger partial charge in [0.1, 0.15) is 29.8 Å². The van der Waals surface area contributed by atoms with Crippen molar-refractivity contribution < 1.29 is 28.7 Å². The van der Waals surface area contributed by atoms with Crippen LogP contribution in [0.5, 0.6) is 0 Å². The van der Waals surface area contributed by atoms with Crippen LogP contribution in [0, 0.1) is 0 Å². The van der Waals surface area contributed by atoms with Gasteiger partial charge in [0, 0.05) is 13.5 Å². The summed E-state index contributed by atoms with van der Waals surface area (Å²) in [4.78, 5) is 53.5. The maximum Gasteiger partial charge on any atom is 0.408 e. The average molecular weight is 554 g/mol. The topological polar surface area (TPSA) is 114 Å². The van der Waals surface area contributed by atoms with Crippen LogP contribution in [0.4, 0.5) is 4.79 Å². The zero-order chi connectivity index (χ0) is 30.1. The molecule has 0 heterocycles. The summed E-state index contributed by atoms with van der Waals surface area (Å²) in [7, 11) is 1.48. The molecule has 0 saturated carbocycles. The Morgan fingerprint density at radius 2 is 1.40 bits per heavy atom. The van der Waals surface area contributed by atoms with Gasteiger partial charge in [0.2, 0.25) is 11.8 Å².